The fraction of sp³-hybridized carbons (Fsp3) is 0.312. The maximum absolute atomic E-state index is 12.6. The van der Waals surface area contributed by atoms with Crippen LogP contribution in [-0.4, -0.2) is 35.9 Å². The Kier molecular flexibility index (Phi) is 6.23. The Labute approximate surface area is 165 Å². The van der Waals surface area contributed by atoms with E-state index in [2.05, 4.69) is 36.8 Å². The van der Waals surface area contributed by atoms with Crippen molar-refractivity contribution in [3.8, 4) is 0 Å². The van der Waals surface area contributed by atoms with Gasteiger partial charge in [0.1, 0.15) is 4.88 Å². The fourth-order valence-electron chi connectivity index (χ4n) is 2.33. The number of thiophene rings is 1. The van der Waals surface area contributed by atoms with Crippen LogP contribution in [0.2, 0.25) is 0 Å². The summed E-state index contributed by atoms with van der Waals surface area (Å²) in [5.41, 5.74) is 1.54. The van der Waals surface area contributed by atoms with Crippen LogP contribution in [0.1, 0.15) is 48.7 Å². The molecule has 2 aromatic heterocycles. The summed E-state index contributed by atoms with van der Waals surface area (Å²) in [6.45, 7) is 4.81. The number of hydrogen-bond acceptors (Lipinski definition) is 6. The zero-order chi connectivity index (χ0) is 18.9. The molecule has 1 N–H and O–H groups in total. The second-order valence-corrected chi connectivity index (χ2v) is 8.49. The highest BCUT2D eigenvalue weighted by atomic mass is 79.9. The first-order valence-corrected chi connectivity index (χ1v) is 9.55. The Morgan fingerprint density at radius 3 is 2.36 bits per heavy atom. The molecule has 0 amide bonds. The van der Waals surface area contributed by atoms with E-state index in [9.17, 15) is 14.4 Å². The second kappa shape index (κ2) is 7.84. The molecular weight excluding hydrogens is 478 g/mol. The average Bonchev–Trinajstić information content (AvgIpc) is 3.05. The van der Waals surface area contributed by atoms with Gasteiger partial charge in [0.05, 0.1) is 22.2 Å². The smallest absolute Gasteiger partial charge is 0.349 e. The number of Topliss-reactive ketones (excluding diaryl/α,β-unsaturated/α-hetero) is 1. The van der Waals surface area contributed by atoms with Crippen LogP contribution in [-0.2, 0) is 9.47 Å². The minimum Gasteiger partial charge on any atom is -0.465 e. The predicted molar refractivity (Wildman–Crippen MR) is 101 cm³/mol. The summed E-state index contributed by atoms with van der Waals surface area (Å²) in [5, 5.41) is 0. The molecule has 9 heteroatoms. The van der Waals surface area contributed by atoms with Gasteiger partial charge in [-0.2, -0.15) is 0 Å². The quantitative estimate of drug-likeness (QED) is 0.492. The van der Waals surface area contributed by atoms with E-state index >= 15 is 0 Å². The normalized spacial score (nSPS) is 11.9. The van der Waals surface area contributed by atoms with E-state index in [1.54, 1.807) is 19.9 Å². The molecule has 2 aromatic rings. The minimum absolute atomic E-state index is 0.228. The van der Waals surface area contributed by atoms with E-state index in [4.69, 9.17) is 9.47 Å². The van der Waals surface area contributed by atoms with E-state index in [1.807, 2.05) is 0 Å². The van der Waals surface area contributed by atoms with Crippen LogP contribution in [0.4, 0.5) is 0 Å². The summed E-state index contributed by atoms with van der Waals surface area (Å²) < 4.78 is 11.5. The summed E-state index contributed by atoms with van der Waals surface area (Å²) in [6, 6.07) is 1.62. The summed E-state index contributed by atoms with van der Waals surface area (Å²) in [6.07, 6.45) is -1.01. The number of ketones is 1. The molecule has 0 bridgehead atoms. The van der Waals surface area contributed by atoms with Crippen LogP contribution in [0, 0.1) is 13.8 Å². The molecule has 0 radical (unpaired) electrons. The number of nitrogens with one attached hydrogen (secondary N) is 1. The first-order valence-electron chi connectivity index (χ1n) is 7.14. The zero-order valence-electron chi connectivity index (χ0n) is 13.9. The number of aromatic amines is 1. The van der Waals surface area contributed by atoms with Crippen molar-refractivity contribution in [2.45, 2.75) is 26.9 Å². The van der Waals surface area contributed by atoms with Crippen molar-refractivity contribution in [1.82, 2.24) is 4.98 Å². The number of rotatable bonds is 5. The number of carbonyl (C=O) groups is 3. The second-order valence-electron chi connectivity index (χ2n) is 5.26. The highest BCUT2D eigenvalue weighted by Crippen LogP contribution is 2.33. The van der Waals surface area contributed by atoms with Crippen LogP contribution >= 0.6 is 43.2 Å². The molecule has 25 heavy (non-hydrogen) atoms. The molecule has 1 unspecified atom stereocenters. The molecule has 0 aliphatic rings. The molecule has 6 nitrogen and oxygen atoms in total. The number of H-pyrrole nitrogens is 1. The van der Waals surface area contributed by atoms with Crippen molar-refractivity contribution in [3.63, 3.8) is 0 Å². The van der Waals surface area contributed by atoms with Crippen molar-refractivity contribution in [3.05, 3.63) is 41.7 Å². The van der Waals surface area contributed by atoms with Gasteiger partial charge in [0, 0.05) is 10.2 Å². The molecule has 2 heterocycles. The van der Waals surface area contributed by atoms with E-state index in [-0.39, 0.29) is 5.69 Å². The molecule has 134 valence electrons. The van der Waals surface area contributed by atoms with E-state index in [0.29, 0.717) is 21.7 Å². The van der Waals surface area contributed by atoms with Crippen molar-refractivity contribution in [2.24, 2.45) is 0 Å². The molecule has 0 saturated carbocycles. The van der Waals surface area contributed by atoms with Gasteiger partial charge in [0.25, 0.3) is 0 Å². The number of esters is 2. The molecule has 0 aliphatic carbocycles. The Hall–Kier alpha value is -1.45. The molecule has 0 spiro atoms. The Morgan fingerprint density at radius 2 is 1.84 bits per heavy atom. The van der Waals surface area contributed by atoms with Crippen molar-refractivity contribution < 1.29 is 23.9 Å². The molecule has 0 aromatic carbocycles. The summed E-state index contributed by atoms with van der Waals surface area (Å²) in [7, 11) is 1.28. The van der Waals surface area contributed by atoms with Crippen molar-refractivity contribution in [1.29, 1.82) is 0 Å². The molecule has 1 atom stereocenters. The number of aryl methyl sites for hydroxylation is 1. The van der Waals surface area contributed by atoms with Gasteiger partial charge in [0.2, 0.25) is 5.78 Å². The Balaban J connectivity index is 2.20. The van der Waals surface area contributed by atoms with Gasteiger partial charge in [-0.3, -0.25) is 4.79 Å². The van der Waals surface area contributed by atoms with Crippen LogP contribution in [0.25, 0.3) is 0 Å². The average molecular weight is 493 g/mol. The number of halogens is 2. The van der Waals surface area contributed by atoms with Crippen LogP contribution in [0.3, 0.4) is 0 Å². The lowest BCUT2D eigenvalue weighted by Gasteiger charge is -2.11. The third-order valence-corrected chi connectivity index (χ3v) is 6.81. The number of hydrogen-bond donors (Lipinski definition) is 1. The summed E-state index contributed by atoms with van der Waals surface area (Å²) in [5.74, 6) is -1.53. The third kappa shape index (κ3) is 4.04. The maximum Gasteiger partial charge on any atom is 0.349 e. The predicted octanol–water partition coefficient (Wildman–Crippen LogP) is 4.43. The number of carbonyl (C=O) groups excluding carboxylic acids is 3. The van der Waals surface area contributed by atoms with Gasteiger partial charge in [-0.1, -0.05) is 0 Å². The zero-order valence-corrected chi connectivity index (χ0v) is 17.8. The lowest BCUT2D eigenvalue weighted by molar-refractivity contribution is 0.0321. The molecule has 0 saturated heterocycles. The summed E-state index contributed by atoms with van der Waals surface area (Å²) in [4.78, 5) is 39.8. The molecule has 2 rings (SSSR count). The van der Waals surface area contributed by atoms with Gasteiger partial charge in [-0.15, -0.1) is 11.3 Å². The van der Waals surface area contributed by atoms with Crippen molar-refractivity contribution in [2.75, 3.05) is 7.11 Å². The van der Waals surface area contributed by atoms with E-state index in [1.165, 1.54) is 25.4 Å². The van der Waals surface area contributed by atoms with Crippen molar-refractivity contribution >= 4 is 60.9 Å². The first kappa shape index (κ1) is 19.9. The topological polar surface area (TPSA) is 85.5 Å². The van der Waals surface area contributed by atoms with E-state index < -0.39 is 23.8 Å². The highest BCUT2D eigenvalue weighted by Gasteiger charge is 2.28. The van der Waals surface area contributed by atoms with Gasteiger partial charge in [-0.25, -0.2) is 9.59 Å². The Bertz CT molecular complexity index is 836. The molecule has 0 fully saturated rings. The van der Waals surface area contributed by atoms with Gasteiger partial charge < -0.3 is 14.5 Å². The number of aromatic nitrogens is 1. The first-order chi connectivity index (χ1) is 11.7. The SMILES string of the molecule is COC(=O)c1c(C)[nH]c(C(=O)C(C)OC(=O)c2cc(Br)c(Br)s2)c1C. The lowest BCUT2D eigenvalue weighted by Crippen LogP contribution is -2.25. The monoisotopic (exact) mass is 491 g/mol. The van der Waals surface area contributed by atoms with Crippen LogP contribution in [0.15, 0.2) is 14.3 Å². The van der Waals surface area contributed by atoms with Gasteiger partial charge in [0.15, 0.2) is 6.10 Å². The number of methoxy groups -OCH3 is 1. The lowest BCUT2D eigenvalue weighted by atomic mass is 10.1. The third-order valence-electron chi connectivity index (χ3n) is 3.57. The highest BCUT2D eigenvalue weighted by molar-refractivity contribution is 9.13. The van der Waals surface area contributed by atoms with Crippen LogP contribution < -0.4 is 0 Å². The Morgan fingerprint density at radius 1 is 1.20 bits per heavy atom. The summed E-state index contributed by atoms with van der Waals surface area (Å²) >= 11 is 7.81. The number of ether oxygens (including phenoxy) is 2. The fourth-order valence-corrected chi connectivity index (χ4v) is 4.25. The standard InChI is InChI=1S/C16H15Br2NO5S/c1-6-11(16(22)23-4)7(2)19-12(6)13(20)8(3)24-15(21)10-5-9(17)14(18)25-10/h5,8,19H,1-4H3. The minimum atomic E-state index is -1.01. The maximum atomic E-state index is 12.6. The van der Waals surface area contributed by atoms with Gasteiger partial charge >= 0.3 is 11.9 Å². The van der Waals surface area contributed by atoms with Crippen LogP contribution in [0.5, 0.6) is 0 Å². The molecular formula is C16H15Br2NO5S. The van der Waals surface area contributed by atoms with Gasteiger partial charge in [-0.05, 0) is 64.3 Å². The molecule has 0 aliphatic heterocycles. The largest absolute Gasteiger partial charge is 0.465 e. The van der Waals surface area contributed by atoms with E-state index in [0.717, 1.165) is 8.26 Å².